The molecule has 1 aliphatic heterocycles. The molecule has 95 valence electrons. The Morgan fingerprint density at radius 3 is 2.71 bits per heavy atom. The Balaban J connectivity index is 1.80. The highest BCUT2D eigenvalue weighted by atomic mass is 16.3. The van der Waals surface area contributed by atoms with Gasteiger partial charge in [0.1, 0.15) is 6.04 Å². The molecule has 0 spiro atoms. The largest absolute Gasteiger partial charge is 0.391 e. The van der Waals surface area contributed by atoms with Crippen molar-refractivity contribution in [3.8, 4) is 0 Å². The number of aliphatic hydroxyl groups is 1. The summed E-state index contributed by atoms with van der Waals surface area (Å²) in [5.74, 6) is -0.188. The molecule has 2 rings (SSSR count). The van der Waals surface area contributed by atoms with Crippen LogP contribution in [0.2, 0.25) is 0 Å². The highest BCUT2D eigenvalue weighted by Gasteiger charge is 2.38. The molecule has 17 heavy (non-hydrogen) atoms. The summed E-state index contributed by atoms with van der Waals surface area (Å²) in [6, 6.07) is -0.812. The molecule has 2 atom stereocenters. The second-order valence-electron chi connectivity index (χ2n) is 4.76. The van der Waals surface area contributed by atoms with Gasteiger partial charge in [-0.15, -0.1) is 0 Å². The van der Waals surface area contributed by atoms with Crippen LogP contribution in [0.3, 0.4) is 0 Å². The van der Waals surface area contributed by atoms with Crippen LogP contribution in [0.15, 0.2) is 0 Å². The van der Waals surface area contributed by atoms with Gasteiger partial charge in [-0.3, -0.25) is 15.0 Å². The number of nitrogens with two attached hydrogens (primary N) is 1. The van der Waals surface area contributed by atoms with Crippen LogP contribution in [0.5, 0.6) is 0 Å². The number of nitrogens with zero attached hydrogens (tertiary/aromatic N) is 1. The van der Waals surface area contributed by atoms with E-state index in [0.29, 0.717) is 18.9 Å². The molecule has 6 heteroatoms. The van der Waals surface area contributed by atoms with Crippen molar-refractivity contribution in [2.75, 3.05) is 6.54 Å². The lowest BCUT2D eigenvalue weighted by atomic mass is 10.2. The number of primary amides is 1. The number of hydrazine groups is 1. The monoisotopic (exact) mass is 240 g/mol. The maximum Gasteiger partial charge on any atom is 0.239 e. The van der Waals surface area contributed by atoms with E-state index in [4.69, 9.17) is 5.73 Å². The summed E-state index contributed by atoms with van der Waals surface area (Å²) in [7, 11) is 0. The van der Waals surface area contributed by atoms with Crippen molar-refractivity contribution < 1.29 is 14.7 Å². The third-order valence-corrected chi connectivity index (χ3v) is 3.24. The Morgan fingerprint density at radius 1 is 1.41 bits per heavy atom. The van der Waals surface area contributed by atoms with Crippen LogP contribution in [-0.4, -0.2) is 40.6 Å². The van der Waals surface area contributed by atoms with Crippen LogP contribution in [0.25, 0.3) is 0 Å². The van der Waals surface area contributed by atoms with Gasteiger partial charge < -0.3 is 10.8 Å². The topological polar surface area (TPSA) is 95.7 Å². The van der Waals surface area contributed by atoms with Gasteiger partial charge in [0.25, 0.3) is 0 Å². The third-order valence-electron chi connectivity index (χ3n) is 3.24. The summed E-state index contributed by atoms with van der Waals surface area (Å²) < 4.78 is 0. The Hall–Kier alpha value is -1.14. The first-order valence-corrected chi connectivity index (χ1v) is 5.96. The first-order valence-electron chi connectivity index (χ1n) is 5.96. The lowest BCUT2D eigenvalue weighted by Gasteiger charge is -2.23. The third kappa shape index (κ3) is 3.17. The molecule has 1 unspecified atom stereocenters. The van der Waals surface area contributed by atoms with E-state index in [1.807, 2.05) is 0 Å². The summed E-state index contributed by atoms with van der Waals surface area (Å²) in [6.45, 7) is 0.442. The van der Waals surface area contributed by atoms with Crippen LogP contribution in [0, 0.1) is 12.3 Å². The van der Waals surface area contributed by atoms with Crippen LogP contribution in [0.4, 0.5) is 0 Å². The van der Waals surface area contributed by atoms with Crippen molar-refractivity contribution in [3.63, 3.8) is 0 Å². The van der Waals surface area contributed by atoms with Gasteiger partial charge in [-0.2, -0.15) is 0 Å². The fraction of sp³-hybridized carbons (Fsp3) is 0.727. The molecule has 2 fully saturated rings. The van der Waals surface area contributed by atoms with Crippen molar-refractivity contribution in [1.82, 2.24) is 10.4 Å². The zero-order valence-electron chi connectivity index (χ0n) is 9.63. The average Bonchev–Trinajstić information content (AvgIpc) is 3.00. The molecule has 1 radical (unpaired) electrons. The molecule has 1 saturated carbocycles. The summed E-state index contributed by atoms with van der Waals surface area (Å²) in [6.07, 6.45) is 4.41. The molecule has 2 aliphatic rings. The predicted molar refractivity (Wildman–Crippen MR) is 60.1 cm³/mol. The quantitative estimate of drug-likeness (QED) is 0.571. The van der Waals surface area contributed by atoms with Crippen molar-refractivity contribution in [2.45, 2.75) is 37.8 Å². The van der Waals surface area contributed by atoms with Crippen molar-refractivity contribution >= 4 is 11.8 Å². The average molecular weight is 240 g/mol. The van der Waals surface area contributed by atoms with Crippen LogP contribution in [-0.2, 0) is 9.59 Å². The fourth-order valence-electron chi connectivity index (χ4n) is 2.06. The zero-order chi connectivity index (χ0) is 12.4. The van der Waals surface area contributed by atoms with Crippen LogP contribution in [0.1, 0.15) is 25.7 Å². The number of nitrogens with one attached hydrogen (secondary N) is 1. The van der Waals surface area contributed by atoms with Crippen molar-refractivity contribution in [2.24, 2.45) is 11.7 Å². The molecule has 0 aromatic rings. The normalized spacial score (nSPS) is 29.2. The first kappa shape index (κ1) is 12.3. The number of amides is 2. The van der Waals surface area contributed by atoms with Gasteiger partial charge in [-0.1, -0.05) is 12.8 Å². The molecule has 0 aromatic heterocycles. The fourth-order valence-corrected chi connectivity index (χ4v) is 2.06. The molecular weight excluding hydrogens is 222 g/mol. The molecule has 2 amide bonds. The smallest absolute Gasteiger partial charge is 0.239 e. The van der Waals surface area contributed by atoms with Crippen molar-refractivity contribution in [1.29, 1.82) is 0 Å². The number of carbonyl (C=O) groups is 2. The van der Waals surface area contributed by atoms with E-state index in [2.05, 4.69) is 5.43 Å². The summed E-state index contributed by atoms with van der Waals surface area (Å²) in [5, 5.41) is 11.0. The molecular formula is C11H18N3O3. The minimum atomic E-state index is -0.812. The summed E-state index contributed by atoms with van der Waals surface area (Å²) in [5.41, 5.74) is 7.79. The summed E-state index contributed by atoms with van der Waals surface area (Å²) in [4.78, 5) is 22.7. The van der Waals surface area contributed by atoms with E-state index in [1.165, 1.54) is 17.9 Å². The van der Waals surface area contributed by atoms with Crippen LogP contribution < -0.4 is 11.2 Å². The zero-order valence-corrected chi connectivity index (χ0v) is 9.63. The molecule has 4 N–H and O–H groups in total. The maximum absolute atomic E-state index is 11.6. The Kier molecular flexibility index (Phi) is 3.63. The number of aliphatic hydroxyl groups excluding tert-OH is 1. The highest BCUT2D eigenvalue weighted by Crippen LogP contribution is 2.33. The second kappa shape index (κ2) is 5.01. The maximum atomic E-state index is 11.6. The van der Waals surface area contributed by atoms with E-state index < -0.39 is 18.1 Å². The van der Waals surface area contributed by atoms with Gasteiger partial charge in [0.15, 0.2) is 0 Å². The Labute approximate surface area is 100 Å². The molecule has 1 heterocycles. The van der Waals surface area contributed by atoms with Gasteiger partial charge in [0.2, 0.25) is 11.8 Å². The van der Waals surface area contributed by atoms with Gasteiger partial charge in [-0.25, -0.2) is 5.01 Å². The van der Waals surface area contributed by atoms with Gasteiger partial charge in [0.05, 0.1) is 12.5 Å². The van der Waals surface area contributed by atoms with E-state index in [-0.39, 0.29) is 5.91 Å². The van der Waals surface area contributed by atoms with Gasteiger partial charge in [-0.05, 0) is 18.8 Å². The lowest BCUT2D eigenvalue weighted by Crippen LogP contribution is -2.53. The molecule has 1 saturated heterocycles. The first-order chi connectivity index (χ1) is 8.08. The van der Waals surface area contributed by atoms with Crippen molar-refractivity contribution in [3.05, 3.63) is 6.42 Å². The Morgan fingerprint density at radius 2 is 2.12 bits per heavy atom. The predicted octanol–water partition coefficient (Wildman–Crippen LogP) is -1.06. The van der Waals surface area contributed by atoms with E-state index in [0.717, 1.165) is 6.42 Å². The number of rotatable bonds is 5. The number of carbonyl (C=O) groups excluding carboxylic acids is 2. The van der Waals surface area contributed by atoms with E-state index >= 15 is 0 Å². The minimum absolute atomic E-state index is 0.225. The molecule has 0 aromatic carbocycles. The minimum Gasteiger partial charge on any atom is -0.391 e. The van der Waals surface area contributed by atoms with Crippen LogP contribution >= 0.6 is 0 Å². The van der Waals surface area contributed by atoms with E-state index in [9.17, 15) is 14.7 Å². The molecule has 0 bridgehead atoms. The SMILES string of the molecule is NC(=O)C1[C@@H](O)CCN1NC(=O)[CH]CC1CC1. The summed E-state index contributed by atoms with van der Waals surface area (Å²) >= 11 is 0. The second-order valence-corrected chi connectivity index (χ2v) is 4.76. The highest BCUT2D eigenvalue weighted by molar-refractivity contribution is 5.85. The van der Waals surface area contributed by atoms with Gasteiger partial charge in [0, 0.05) is 6.54 Å². The van der Waals surface area contributed by atoms with Gasteiger partial charge >= 0.3 is 0 Å². The molecule has 6 nitrogen and oxygen atoms in total. The Bertz CT molecular complexity index is 317. The molecule has 1 aliphatic carbocycles. The number of hydrogen-bond acceptors (Lipinski definition) is 4. The van der Waals surface area contributed by atoms with E-state index in [1.54, 1.807) is 6.42 Å². The number of hydrogen-bond donors (Lipinski definition) is 3. The standard InChI is InChI=1S/C11H18N3O3/c12-11(17)10-8(15)5-6-14(10)13-9(16)4-3-7-1-2-7/h4,7-8,10,15H,1-3,5-6H2,(H2,12,17)(H,13,16)/t8-,10?/m0/s1. The lowest BCUT2D eigenvalue weighted by molar-refractivity contribution is -0.130.